The Kier molecular flexibility index (Phi) is 11.2. The number of aliphatic hydroxyl groups is 4. The second-order valence-electron chi connectivity index (χ2n) is 9.58. The van der Waals surface area contributed by atoms with Crippen LogP contribution in [0.1, 0.15) is 59.8 Å². The van der Waals surface area contributed by atoms with Crippen LogP contribution in [0, 0.1) is 11.8 Å². The Bertz CT molecular complexity index is 708. The molecule has 10 nitrogen and oxygen atoms in total. The van der Waals surface area contributed by atoms with Crippen molar-refractivity contribution in [2.45, 2.75) is 108 Å². The molecule has 6 N–H and O–H groups in total. The summed E-state index contributed by atoms with van der Waals surface area (Å²) in [5.74, 6) is -0.515. The highest BCUT2D eigenvalue weighted by atomic mass is 32.2. The molecule has 0 aromatic heterocycles. The average Bonchev–Trinajstić information content (AvgIpc) is 3.23. The van der Waals surface area contributed by atoms with Gasteiger partial charge in [-0.05, 0) is 39.0 Å². The summed E-state index contributed by atoms with van der Waals surface area (Å²) in [6.07, 6.45) is -2.28. The Morgan fingerprint density at radius 2 is 1.74 bits per heavy atom. The molecule has 2 amide bonds. The van der Waals surface area contributed by atoms with Gasteiger partial charge in [0.1, 0.15) is 29.9 Å². The molecule has 1 saturated carbocycles. The minimum atomic E-state index is -1.59. The molecule has 1 heterocycles. The lowest BCUT2D eigenvalue weighted by Crippen LogP contribution is -2.65. The fraction of sp³-hybridized carbons (Fsp3) is 0.870. The molecule has 2 rings (SSSR count). The van der Waals surface area contributed by atoms with Gasteiger partial charge in [-0.2, -0.15) is 0 Å². The quantitative estimate of drug-likeness (QED) is 0.222. The lowest BCUT2D eigenvalue weighted by molar-refractivity contribution is -0.211. The van der Waals surface area contributed by atoms with Crippen molar-refractivity contribution in [2.24, 2.45) is 11.8 Å². The summed E-state index contributed by atoms with van der Waals surface area (Å²) >= 11 is 0.999. The van der Waals surface area contributed by atoms with Crippen LogP contribution in [0.5, 0.6) is 0 Å². The van der Waals surface area contributed by atoms with Gasteiger partial charge < -0.3 is 35.8 Å². The first kappa shape index (κ1) is 29.0. The number of nitrogens with one attached hydrogen (secondary N) is 2. The molecule has 0 aromatic rings. The van der Waals surface area contributed by atoms with Gasteiger partial charge in [0.25, 0.3) is 0 Å². The number of thioether (sulfide) groups is 1. The fourth-order valence-electron chi connectivity index (χ4n) is 4.75. The van der Waals surface area contributed by atoms with Crippen molar-refractivity contribution in [2.75, 3.05) is 5.75 Å². The zero-order chi connectivity index (χ0) is 25.6. The molecule has 1 aliphatic carbocycles. The van der Waals surface area contributed by atoms with E-state index in [2.05, 4.69) is 17.6 Å². The van der Waals surface area contributed by atoms with Gasteiger partial charge in [-0.25, -0.2) is 0 Å². The largest absolute Gasteiger partial charge is 0.391 e. The lowest BCUT2D eigenvalue weighted by atomic mass is 9.91. The number of carbonyl (C=O) groups excluding carboxylic acids is 3. The van der Waals surface area contributed by atoms with Crippen LogP contribution in [-0.4, -0.2) is 91.8 Å². The summed E-state index contributed by atoms with van der Waals surface area (Å²) in [5.41, 5.74) is -1.06. The lowest BCUT2D eigenvalue weighted by Gasteiger charge is -2.44. The predicted octanol–water partition coefficient (Wildman–Crippen LogP) is -0.297. The molecular formula is C23H40N2O8S. The van der Waals surface area contributed by atoms with Crippen LogP contribution < -0.4 is 10.6 Å². The summed E-state index contributed by atoms with van der Waals surface area (Å²) in [7, 11) is 0. The number of amides is 2. The van der Waals surface area contributed by atoms with Crippen LogP contribution in [0.3, 0.4) is 0 Å². The molecule has 0 aromatic carbocycles. The van der Waals surface area contributed by atoms with E-state index in [1.807, 2.05) is 0 Å². The average molecular weight is 505 g/mol. The number of ether oxygens (including phenoxy) is 1. The maximum atomic E-state index is 12.9. The highest BCUT2D eigenvalue weighted by molar-refractivity contribution is 7.99. The van der Waals surface area contributed by atoms with E-state index in [1.54, 1.807) is 0 Å². The topological polar surface area (TPSA) is 165 Å². The first-order valence-electron chi connectivity index (χ1n) is 12.0. The van der Waals surface area contributed by atoms with Crippen LogP contribution in [0.2, 0.25) is 0 Å². The zero-order valence-electron chi connectivity index (χ0n) is 20.3. The molecule has 0 spiro atoms. The summed E-state index contributed by atoms with van der Waals surface area (Å²) in [5, 5.41) is 47.2. The second-order valence-corrected chi connectivity index (χ2v) is 10.7. The molecule has 0 radical (unpaired) electrons. The molecule has 0 bridgehead atoms. The van der Waals surface area contributed by atoms with E-state index >= 15 is 0 Å². The number of rotatable bonds is 11. The Hall–Kier alpha value is -1.24. The summed E-state index contributed by atoms with van der Waals surface area (Å²) in [4.78, 5) is 36.1. The molecule has 11 heteroatoms. The van der Waals surface area contributed by atoms with Crippen LogP contribution in [0.15, 0.2) is 0 Å². The Morgan fingerprint density at radius 1 is 1.06 bits per heavy atom. The molecule has 2 fully saturated rings. The van der Waals surface area contributed by atoms with Crippen LogP contribution in [0.25, 0.3) is 0 Å². The summed E-state index contributed by atoms with van der Waals surface area (Å²) < 4.78 is 5.87. The van der Waals surface area contributed by atoms with Crippen molar-refractivity contribution in [3.63, 3.8) is 0 Å². The maximum Gasteiger partial charge on any atom is 0.223 e. The van der Waals surface area contributed by atoms with Crippen molar-refractivity contribution >= 4 is 29.4 Å². The van der Waals surface area contributed by atoms with E-state index in [9.17, 15) is 34.8 Å². The molecule has 1 saturated heterocycles. The van der Waals surface area contributed by atoms with Crippen LogP contribution in [0.4, 0.5) is 0 Å². The zero-order valence-corrected chi connectivity index (χ0v) is 21.2. The first-order valence-corrected chi connectivity index (χ1v) is 13.1. The van der Waals surface area contributed by atoms with Crippen molar-refractivity contribution in [3.8, 4) is 0 Å². The smallest absolute Gasteiger partial charge is 0.223 e. The van der Waals surface area contributed by atoms with Gasteiger partial charge >= 0.3 is 0 Å². The summed E-state index contributed by atoms with van der Waals surface area (Å²) in [6, 6.07) is -1.83. The maximum absolute atomic E-state index is 12.9. The first-order chi connectivity index (χ1) is 16.0. The van der Waals surface area contributed by atoms with Gasteiger partial charge in [0.2, 0.25) is 11.8 Å². The van der Waals surface area contributed by atoms with Gasteiger partial charge in [0, 0.05) is 18.6 Å². The van der Waals surface area contributed by atoms with E-state index in [1.165, 1.54) is 20.8 Å². The minimum absolute atomic E-state index is 0.0682. The van der Waals surface area contributed by atoms with Crippen molar-refractivity contribution in [1.82, 2.24) is 10.6 Å². The minimum Gasteiger partial charge on any atom is -0.391 e. The Morgan fingerprint density at radius 3 is 2.29 bits per heavy atom. The number of hydrogen-bond acceptors (Lipinski definition) is 9. The SMILES string of the molecule is CCCC1CC[C@H](C(=O)N[C@@H](C2O[C@H](SCC(NC(C)=O)C(C)=O)C(O)[C@@H](O)[C@H]2O)[C@@H](C)O)C1. The molecule has 34 heavy (non-hydrogen) atoms. The number of ketones is 1. The van der Waals surface area contributed by atoms with Gasteiger partial charge in [-0.3, -0.25) is 14.4 Å². The number of carbonyl (C=O) groups is 3. The van der Waals surface area contributed by atoms with E-state index in [4.69, 9.17) is 4.74 Å². The van der Waals surface area contributed by atoms with Crippen LogP contribution >= 0.6 is 11.8 Å². The highest BCUT2D eigenvalue weighted by Crippen LogP contribution is 2.35. The van der Waals surface area contributed by atoms with E-state index < -0.39 is 48.0 Å². The van der Waals surface area contributed by atoms with Crippen molar-refractivity contribution in [1.29, 1.82) is 0 Å². The summed E-state index contributed by atoms with van der Waals surface area (Å²) in [6.45, 7) is 6.18. The molecular weight excluding hydrogens is 464 g/mol. The fourth-order valence-corrected chi connectivity index (χ4v) is 6.01. The normalized spacial score (nSPS) is 34.2. The third-order valence-corrected chi connectivity index (χ3v) is 7.94. The van der Waals surface area contributed by atoms with Gasteiger partial charge in [0.15, 0.2) is 5.78 Å². The van der Waals surface area contributed by atoms with Crippen molar-refractivity contribution < 1.29 is 39.5 Å². The Labute approximate surface area is 205 Å². The van der Waals surface area contributed by atoms with E-state index in [0.717, 1.165) is 43.9 Å². The monoisotopic (exact) mass is 504 g/mol. The second kappa shape index (κ2) is 13.2. The van der Waals surface area contributed by atoms with Crippen LogP contribution in [-0.2, 0) is 19.1 Å². The number of aliphatic hydroxyl groups excluding tert-OH is 4. The van der Waals surface area contributed by atoms with Crippen molar-refractivity contribution in [3.05, 3.63) is 0 Å². The molecule has 4 unspecified atom stereocenters. The Balaban J connectivity index is 2.09. The van der Waals surface area contributed by atoms with E-state index in [0.29, 0.717) is 5.92 Å². The van der Waals surface area contributed by atoms with Gasteiger partial charge in [-0.1, -0.05) is 19.8 Å². The molecule has 10 atom stereocenters. The highest BCUT2D eigenvalue weighted by Gasteiger charge is 2.48. The number of Topliss-reactive ketones (excluding diaryl/α,β-unsaturated/α-hetero) is 1. The standard InChI is InChI=1S/C23H40N2O8S/c1-5-6-14-7-8-15(9-14)22(32)25-17(12(3)27)21-19(30)18(29)20(31)23(33-21)34-10-16(11(2)26)24-13(4)28/h12,14-21,23,27,29-31H,5-10H2,1-4H3,(H,24,28)(H,25,32)/t12-,14?,15+,16?,17-,18+,19-,20?,21?,23-/m1/s1. The molecule has 196 valence electrons. The molecule has 1 aliphatic heterocycles. The third-order valence-electron chi connectivity index (χ3n) is 6.69. The third kappa shape index (κ3) is 7.63. The van der Waals surface area contributed by atoms with Gasteiger partial charge in [0.05, 0.1) is 18.2 Å². The van der Waals surface area contributed by atoms with E-state index in [-0.39, 0.29) is 29.3 Å². The molecule has 2 aliphatic rings. The van der Waals surface area contributed by atoms with Gasteiger partial charge in [-0.15, -0.1) is 11.8 Å². The number of hydrogen-bond donors (Lipinski definition) is 6. The predicted molar refractivity (Wildman–Crippen MR) is 127 cm³/mol.